The van der Waals surface area contributed by atoms with Crippen LogP contribution in [0.4, 0.5) is 4.39 Å². The Morgan fingerprint density at radius 2 is 1.68 bits per heavy atom. The van der Waals surface area contributed by atoms with Crippen molar-refractivity contribution in [3.8, 4) is 16.9 Å². The number of benzene rings is 3. The first kappa shape index (κ1) is 22.0. The fourth-order valence-corrected chi connectivity index (χ4v) is 3.07. The zero-order valence-corrected chi connectivity index (χ0v) is 17.3. The van der Waals surface area contributed by atoms with Gasteiger partial charge in [-0.1, -0.05) is 66.7 Å². The molecule has 31 heavy (non-hydrogen) atoms. The molecule has 1 N–H and O–H groups in total. The van der Waals surface area contributed by atoms with E-state index in [1.165, 1.54) is 18.2 Å². The van der Waals surface area contributed by atoms with Crippen LogP contribution in [-0.4, -0.2) is 30.0 Å². The van der Waals surface area contributed by atoms with E-state index in [-0.39, 0.29) is 18.8 Å². The van der Waals surface area contributed by atoms with Gasteiger partial charge in [0.15, 0.2) is 6.61 Å². The maximum absolute atomic E-state index is 13.6. The molecule has 0 saturated heterocycles. The molecule has 0 amide bonds. The molecule has 0 unspecified atom stereocenters. The van der Waals surface area contributed by atoms with E-state index < -0.39 is 18.2 Å². The molecule has 5 nitrogen and oxygen atoms in total. The summed E-state index contributed by atoms with van der Waals surface area (Å²) in [6.07, 6.45) is 0.314. The lowest BCUT2D eigenvalue weighted by Gasteiger charge is -2.09. The Morgan fingerprint density at radius 3 is 2.35 bits per heavy atom. The van der Waals surface area contributed by atoms with Gasteiger partial charge >= 0.3 is 5.97 Å². The van der Waals surface area contributed by atoms with E-state index in [1.807, 2.05) is 37.3 Å². The van der Waals surface area contributed by atoms with Crippen molar-refractivity contribution in [2.45, 2.75) is 19.8 Å². The van der Waals surface area contributed by atoms with Crippen molar-refractivity contribution in [3.05, 3.63) is 89.7 Å². The summed E-state index contributed by atoms with van der Waals surface area (Å²) >= 11 is 0. The van der Waals surface area contributed by atoms with Crippen molar-refractivity contribution in [3.63, 3.8) is 0 Å². The number of carboxylic acids is 1. The van der Waals surface area contributed by atoms with Gasteiger partial charge in [0.1, 0.15) is 18.2 Å². The van der Waals surface area contributed by atoms with E-state index in [1.54, 1.807) is 0 Å². The topological polar surface area (TPSA) is 68.1 Å². The molecule has 3 aromatic rings. The highest BCUT2D eigenvalue weighted by atomic mass is 19.1. The van der Waals surface area contributed by atoms with E-state index >= 15 is 0 Å². The van der Waals surface area contributed by atoms with Crippen LogP contribution in [0.15, 0.2) is 78.0 Å². The number of halogens is 1. The number of carboxylic acid groups (broad SMARTS) is 1. The van der Waals surface area contributed by atoms with Gasteiger partial charge in [-0.2, -0.15) is 0 Å². The largest absolute Gasteiger partial charge is 0.490 e. The Balaban J connectivity index is 1.53. The summed E-state index contributed by atoms with van der Waals surface area (Å²) in [5.74, 6) is -1.28. The zero-order chi connectivity index (χ0) is 22.1. The molecular weight excluding hydrogens is 397 g/mol. The third kappa shape index (κ3) is 6.40. The molecular formula is C25H24FNO4. The highest BCUT2D eigenvalue weighted by Gasteiger charge is 2.09. The quantitative estimate of drug-likeness (QED) is 0.273. The van der Waals surface area contributed by atoms with Crippen LogP contribution in [0.1, 0.15) is 24.5 Å². The fourth-order valence-electron chi connectivity index (χ4n) is 3.07. The molecule has 3 rings (SSSR count). The van der Waals surface area contributed by atoms with Crippen LogP contribution in [0.25, 0.3) is 11.1 Å². The normalized spacial score (nSPS) is 11.2. The lowest BCUT2D eigenvalue weighted by molar-refractivity contribution is -0.136. The molecule has 0 aliphatic carbocycles. The van der Waals surface area contributed by atoms with Gasteiger partial charge < -0.3 is 14.7 Å². The third-order valence-electron chi connectivity index (χ3n) is 4.64. The number of ether oxygens (including phenoxy) is 1. The minimum atomic E-state index is -1.10. The Morgan fingerprint density at radius 1 is 0.968 bits per heavy atom. The van der Waals surface area contributed by atoms with Crippen molar-refractivity contribution in [1.82, 2.24) is 0 Å². The van der Waals surface area contributed by atoms with Crippen molar-refractivity contribution in [2.75, 3.05) is 13.2 Å². The monoisotopic (exact) mass is 421 g/mol. The molecule has 0 aliphatic rings. The average Bonchev–Trinajstić information content (AvgIpc) is 2.79. The first-order valence-electron chi connectivity index (χ1n) is 10.0. The van der Waals surface area contributed by atoms with Gasteiger partial charge in [0.2, 0.25) is 0 Å². The first-order valence-corrected chi connectivity index (χ1v) is 10.0. The summed E-state index contributed by atoms with van der Waals surface area (Å²) in [5.41, 5.74) is 4.18. The number of rotatable bonds is 10. The second-order valence-electron chi connectivity index (χ2n) is 6.84. The number of oxime groups is 1. The van der Waals surface area contributed by atoms with Gasteiger partial charge in [-0.05, 0) is 41.3 Å². The number of hydrogen-bond donors (Lipinski definition) is 1. The molecule has 0 fully saturated rings. The number of hydrogen-bond acceptors (Lipinski definition) is 4. The predicted octanol–water partition coefficient (Wildman–Crippen LogP) is 5.33. The van der Waals surface area contributed by atoms with Crippen molar-refractivity contribution in [1.29, 1.82) is 0 Å². The van der Waals surface area contributed by atoms with Crippen LogP contribution in [0.2, 0.25) is 0 Å². The molecule has 0 atom stereocenters. The van der Waals surface area contributed by atoms with Crippen molar-refractivity contribution in [2.24, 2.45) is 5.16 Å². The molecule has 0 heterocycles. The summed E-state index contributed by atoms with van der Waals surface area (Å²) in [6, 6.07) is 22.3. The van der Waals surface area contributed by atoms with Crippen LogP contribution in [-0.2, 0) is 16.1 Å². The molecule has 6 heteroatoms. The lowest BCUT2D eigenvalue weighted by Crippen LogP contribution is -2.08. The van der Waals surface area contributed by atoms with Crippen molar-refractivity contribution >= 4 is 11.7 Å². The van der Waals surface area contributed by atoms with Gasteiger partial charge in [-0.25, -0.2) is 4.39 Å². The first-order chi connectivity index (χ1) is 15.1. The fraction of sp³-hybridized carbons (Fsp3) is 0.200. The molecule has 0 aromatic heterocycles. The number of aliphatic carboxylic acids is 1. The second kappa shape index (κ2) is 10.9. The lowest BCUT2D eigenvalue weighted by atomic mass is 10.0. The van der Waals surface area contributed by atoms with E-state index in [0.29, 0.717) is 12.2 Å². The zero-order valence-electron chi connectivity index (χ0n) is 17.3. The number of carbonyl (C=O) groups is 1. The summed E-state index contributed by atoms with van der Waals surface area (Å²) in [7, 11) is 0. The minimum Gasteiger partial charge on any atom is -0.490 e. The summed E-state index contributed by atoms with van der Waals surface area (Å²) in [5, 5.41) is 13.0. The molecule has 0 saturated carbocycles. The summed E-state index contributed by atoms with van der Waals surface area (Å²) < 4.78 is 19.1. The van der Waals surface area contributed by atoms with Gasteiger partial charge in [-0.3, -0.25) is 4.79 Å². The van der Waals surface area contributed by atoms with Gasteiger partial charge in [0, 0.05) is 5.56 Å². The summed E-state index contributed by atoms with van der Waals surface area (Å²) in [4.78, 5) is 16.2. The molecule has 3 aromatic carbocycles. The van der Waals surface area contributed by atoms with Crippen LogP contribution >= 0.6 is 0 Å². The Labute approximate surface area is 180 Å². The third-order valence-corrected chi connectivity index (χ3v) is 4.64. The maximum Gasteiger partial charge on any atom is 0.307 e. The Kier molecular flexibility index (Phi) is 7.76. The standard InChI is InChI=1S/C25H24FNO4/c1-2-24(20-10-8-19(9-11-20)18-6-4-3-5-7-18)27-31-15-14-30-22-12-13-23(26)21(16-22)17-25(28)29/h3-13,16H,2,14-15,17H2,1H3,(H,28,29). The molecule has 0 bridgehead atoms. The van der Waals surface area contributed by atoms with Crippen LogP contribution in [0.3, 0.4) is 0 Å². The van der Waals surface area contributed by atoms with Crippen LogP contribution < -0.4 is 4.74 Å². The van der Waals surface area contributed by atoms with Crippen LogP contribution in [0.5, 0.6) is 5.75 Å². The Hall–Kier alpha value is -3.67. The predicted molar refractivity (Wildman–Crippen MR) is 118 cm³/mol. The highest BCUT2D eigenvalue weighted by molar-refractivity contribution is 6.00. The molecule has 0 radical (unpaired) electrons. The van der Waals surface area contributed by atoms with Gasteiger partial charge in [-0.15, -0.1) is 0 Å². The van der Waals surface area contributed by atoms with E-state index in [2.05, 4.69) is 29.4 Å². The van der Waals surface area contributed by atoms with Crippen molar-refractivity contribution < 1.29 is 23.9 Å². The van der Waals surface area contributed by atoms with Gasteiger partial charge in [0.25, 0.3) is 0 Å². The number of nitrogens with zero attached hydrogens (tertiary/aromatic N) is 1. The maximum atomic E-state index is 13.6. The summed E-state index contributed by atoms with van der Waals surface area (Å²) in [6.45, 7) is 2.41. The van der Waals surface area contributed by atoms with Gasteiger partial charge in [0.05, 0.1) is 12.1 Å². The van der Waals surface area contributed by atoms with E-state index in [9.17, 15) is 9.18 Å². The SMILES string of the molecule is CCC(=NOCCOc1ccc(F)c(CC(=O)O)c1)c1ccc(-c2ccccc2)cc1. The minimum absolute atomic E-state index is 0.0798. The molecule has 0 spiro atoms. The smallest absolute Gasteiger partial charge is 0.307 e. The highest BCUT2D eigenvalue weighted by Crippen LogP contribution is 2.20. The molecule has 160 valence electrons. The average molecular weight is 421 g/mol. The van der Waals surface area contributed by atoms with E-state index in [0.717, 1.165) is 22.4 Å². The molecule has 0 aliphatic heterocycles. The van der Waals surface area contributed by atoms with Crippen LogP contribution in [0, 0.1) is 5.82 Å². The van der Waals surface area contributed by atoms with E-state index in [4.69, 9.17) is 14.7 Å². The second-order valence-corrected chi connectivity index (χ2v) is 6.84. The Bertz CT molecular complexity index is 1030.